The maximum atomic E-state index is 14.1. The Kier molecular flexibility index (Phi) is 24.7. The van der Waals surface area contributed by atoms with E-state index in [4.69, 9.17) is 17.2 Å². The number of carbonyl (C=O) groups excluding carboxylic acids is 11. The maximum absolute atomic E-state index is 14.1. The SMILES string of the molecule is C=C1N[C@@H]([C@@H](C)CC)C(=O)N[C@@H](CCC(N)=O)C(=O)N[C@@H](CC(N)=O)C(=O)N[C@H](C(=O)N(C)CC(=O)N[C@@H](CCCCCC)C(=O)NCC(N)=O)CCC(=O)NCC(=O)N[C@H]1Cc1ccc(O)cc1. The Balaban J connectivity index is 2.57. The lowest BCUT2D eigenvalue weighted by Gasteiger charge is -2.31. The molecule has 24 nitrogen and oxygen atoms in total. The van der Waals surface area contributed by atoms with E-state index < -0.39 is 152 Å². The van der Waals surface area contributed by atoms with Gasteiger partial charge in [-0.3, -0.25) is 52.7 Å². The average Bonchev–Trinajstić information content (AvgIpc) is 3.29. The van der Waals surface area contributed by atoms with Crippen molar-refractivity contribution in [2.45, 2.75) is 134 Å². The monoisotopic (exact) mass is 971 g/mol. The molecule has 1 fully saturated rings. The molecule has 0 spiro atoms. The van der Waals surface area contributed by atoms with Crippen LogP contribution in [0.25, 0.3) is 0 Å². The smallest absolute Gasteiger partial charge is 0.245 e. The number of rotatable bonds is 21. The summed E-state index contributed by atoms with van der Waals surface area (Å²) in [4.78, 5) is 145. The normalized spacial score (nSPS) is 20.7. The summed E-state index contributed by atoms with van der Waals surface area (Å²) in [6.45, 7) is 7.90. The second-order valence-electron chi connectivity index (χ2n) is 17.0. The van der Waals surface area contributed by atoms with Gasteiger partial charge >= 0.3 is 0 Å². The number of carbonyl (C=O) groups is 11. The zero-order valence-corrected chi connectivity index (χ0v) is 39.8. The van der Waals surface area contributed by atoms with Crippen molar-refractivity contribution < 1.29 is 57.8 Å². The van der Waals surface area contributed by atoms with Crippen molar-refractivity contribution in [3.63, 3.8) is 0 Å². The molecule has 1 saturated heterocycles. The Bertz CT molecular complexity index is 2020. The molecule has 1 aliphatic rings. The van der Waals surface area contributed by atoms with E-state index in [9.17, 15) is 57.8 Å². The molecule has 15 N–H and O–H groups in total. The van der Waals surface area contributed by atoms with Crippen LogP contribution >= 0.6 is 0 Å². The van der Waals surface area contributed by atoms with Crippen molar-refractivity contribution in [3.05, 3.63) is 42.1 Å². The van der Waals surface area contributed by atoms with Crippen LogP contribution < -0.4 is 59.7 Å². The summed E-state index contributed by atoms with van der Waals surface area (Å²) in [5.74, 6) is -9.95. The number of nitrogens with two attached hydrogens (primary N) is 3. The van der Waals surface area contributed by atoms with Gasteiger partial charge in [0, 0.05) is 25.6 Å². The van der Waals surface area contributed by atoms with E-state index in [1.165, 1.54) is 19.2 Å². The summed E-state index contributed by atoms with van der Waals surface area (Å²) in [5, 5.41) is 30.5. The largest absolute Gasteiger partial charge is 0.508 e. The first-order chi connectivity index (χ1) is 32.5. The maximum Gasteiger partial charge on any atom is 0.245 e. The van der Waals surface area contributed by atoms with Crippen molar-refractivity contribution in [2.75, 3.05) is 26.7 Å². The van der Waals surface area contributed by atoms with Crippen LogP contribution in [0.5, 0.6) is 5.75 Å². The number of aromatic hydroxyl groups is 1. The van der Waals surface area contributed by atoms with Gasteiger partial charge in [0.2, 0.25) is 65.0 Å². The van der Waals surface area contributed by atoms with E-state index in [-0.39, 0.29) is 30.7 Å². The number of phenolic OH excluding ortho intramolecular Hbond substituents is 1. The lowest BCUT2D eigenvalue weighted by atomic mass is 9.95. The lowest BCUT2D eigenvalue weighted by molar-refractivity contribution is -0.140. The van der Waals surface area contributed by atoms with Gasteiger partial charge in [0.05, 0.1) is 32.1 Å². The number of amides is 11. The van der Waals surface area contributed by atoms with Gasteiger partial charge in [0.25, 0.3) is 0 Å². The molecule has 0 radical (unpaired) electrons. The van der Waals surface area contributed by atoms with Gasteiger partial charge in [-0.2, -0.15) is 0 Å². The number of unbranched alkanes of at least 4 members (excludes halogenated alkanes) is 3. The average molecular weight is 971 g/mol. The molecule has 1 aromatic rings. The molecule has 1 aliphatic heterocycles. The second-order valence-corrected chi connectivity index (χ2v) is 17.0. The van der Waals surface area contributed by atoms with E-state index in [2.05, 4.69) is 49.1 Å². The van der Waals surface area contributed by atoms with Crippen LogP contribution in [0.2, 0.25) is 0 Å². The van der Waals surface area contributed by atoms with Crippen LogP contribution in [0.4, 0.5) is 0 Å². The molecule has 24 heteroatoms. The number of phenols is 1. The molecule has 0 bridgehead atoms. The highest BCUT2D eigenvalue weighted by atomic mass is 16.3. The van der Waals surface area contributed by atoms with Crippen molar-refractivity contribution in [1.82, 2.24) is 47.4 Å². The van der Waals surface area contributed by atoms with Crippen molar-refractivity contribution >= 4 is 65.0 Å². The van der Waals surface area contributed by atoms with Gasteiger partial charge in [-0.15, -0.1) is 0 Å². The molecule has 0 saturated carbocycles. The third-order valence-electron chi connectivity index (χ3n) is 11.2. The molecular formula is C45H70N12O12. The minimum absolute atomic E-state index is 0.00836. The van der Waals surface area contributed by atoms with Crippen LogP contribution in [-0.4, -0.2) is 138 Å². The number of hydrogen-bond donors (Lipinski definition) is 12. The lowest BCUT2D eigenvalue weighted by Crippen LogP contribution is -2.60. The number of hydrogen-bond acceptors (Lipinski definition) is 13. The summed E-state index contributed by atoms with van der Waals surface area (Å²) in [7, 11) is 1.21. The Morgan fingerprint density at radius 2 is 1.46 bits per heavy atom. The standard InChI is InChI=1S/C45H70N12O12/c1-6-8-9-10-11-29(41(65)50-22-36(48)61)52-39(64)24-57(5)45(69)31-17-19-37(62)49-23-38(63)53-32(20-27-12-14-28(58)15-13-27)26(4)51-40(25(3)7-2)44(68)54-30(16-18-34(46)59)42(66)56-33(21-35(47)60)43(67)55-31/h12-15,25,29-33,40,51,58H,4,6-11,16-24H2,1-3,5H3,(H2,46,59)(H2,47,60)(H2,48,61)(H,49,62)(H,50,65)(H,52,64)(H,53,63)(H,54,68)(H,55,67)(H,56,66)/t25-,29-,30-,31-,32-,33-,40-/m0/s1. The summed E-state index contributed by atoms with van der Waals surface area (Å²) in [6.07, 6.45) is 1.25. The summed E-state index contributed by atoms with van der Waals surface area (Å²) >= 11 is 0. The molecule has 7 atom stereocenters. The fourth-order valence-corrected chi connectivity index (χ4v) is 7.09. The minimum atomic E-state index is -1.79. The van der Waals surface area contributed by atoms with Gasteiger partial charge in [-0.25, -0.2) is 0 Å². The Morgan fingerprint density at radius 1 is 0.812 bits per heavy atom. The third kappa shape index (κ3) is 21.5. The molecule has 11 amide bonds. The highest BCUT2D eigenvalue weighted by Gasteiger charge is 2.35. The molecule has 0 unspecified atom stereocenters. The van der Waals surface area contributed by atoms with E-state index in [0.717, 1.165) is 24.2 Å². The Hall–Kier alpha value is -7.27. The van der Waals surface area contributed by atoms with E-state index in [1.807, 2.05) is 6.92 Å². The van der Waals surface area contributed by atoms with Gasteiger partial charge in [-0.1, -0.05) is 71.6 Å². The fraction of sp³-hybridized carbons (Fsp3) is 0.578. The molecule has 0 aliphatic carbocycles. The van der Waals surface area contributed by atoms with Crippen LogP contribution in [0, 0.1) is 5.92 Å². The molecule has 2 rings (SSSR count). The predicted molar refractivity (Wildman–Crippen MR) is 250 cm³/mol. The number of primary amides is 3. The van der Waals surface area contributed by atoms with Crippen molar-refractivity contribution in [3.8, 4) is 5.75 Å². The molecule has 0 aromatic heterocycles. The number of nitrogens with zero attached hydrogens (tertiary/aromatic N) is 1. The zero-order chi connectivity index (χ0) is 51.8. The van der Waals surface area contributed by atoms with Crippen LogP contribution in [0.3, 0.4) is 0 Å². The van der Waals surface area contributed by atoms with Crippen molar-refractivity contribution in [1.29, 1.82) is 0 Å². The molecular weight excluding hydrogens is 901 g/mol. The molecule has 1 heterocycles. The van der Waals surface area contributed by atoms with E-state index >= 15 is 0 Å². The third-order valence-corrected chi connectivity index (χ3v) is 11.2. The van der Waals surface area contributed by atoms with Crippen LogP contribution in [-0.2, 0) is 59.2 Å². The zero-order valence-electron chi connectivity index (χ0n) is 39.8. The first-order valence-corrected chi connectivity index (χ1v) is 22.9. The number of nitrogens with one attached hydrogen (secondary N) is 8. The Morgan fingerprint density at radius 3 is 2.07 bits per heavy atom. The quantitative estimate of drug-likeness (QED) is 0.0546. The number of benzene rings is 1. The first kappa shape index (κ1) is 57.9. The topological polar surface area (TPSA) is 386 Å². The van der Waals surface area contributed by atoms with Crippen molar-refractivity contribution in [2.24, 2.45) is 23.1 Å². The Labute approximate surface area is 401 Å². The fourth-order valence-electron chi connectivity index (χ4n) is 7.09. The highest BCUT2D eigenvalue weighted by Crippen LogP contribution is 2.17. The van der Waals surface area contributed by atoms with E-state index in [0.29, 0.717) is 18.4 Å². The van der Waals surface area contributed by atoms with Gasteiger partial charge in [-0.05, 0) is 49.3 Å². The van der Waals surface area contributed by atoms with Gasteiger partial charge in [0.1, 0.15) is 36.0 Å². The van der Waals surface area contributed by atoms with Crippen LogP contribution in [0.1, 0.15) is 97.0 Å². The highest BCUT2D eigenvalue weighted by molar-refractivity contribution is 5.98. The first-order valence-electron chi connectivity index (χ1n) is 22.9. The molecule has 1 aromatic carbocycles. The predicted octanol–water partition coefficient (Wildman–Crippen LogP) is -3.04. The molecule has 382 valence electrons. The minimum Gasteiger partial charge on any atom is -0.508 e. The summed E-state index contributed by atoms with van der Waals surface area (Å²) in [6, 6.07) is -1.97. The van der Waals surface area contributed by atoms with E-state index in [1.54, 1.807) is 26.0 Å². The second kappa shape index (κ2) is 29.5. The summed E-state index contributed by atoms with van der Waals surface area (Å²) in [5.41, 5.74) is 16.8. The molecule has 69 heavy (non-hydrogen) atoms. The number of likely N-dealkylation sites (N-methyl/N-ethyl adjacent to an activating group) is 1. The van der Waals surface area contributed by atoms with Gasteiger partial charge < -0.3 is 69.7 Å². The van der Waals surface area contributed by atoms with Gasteiger partial charge in [0.15, 0.2) is 0 Å². The summed E-state index contributed by atoms with van der Waals surface area (Å²) < 4.78 is 0. The van der Waals surface area contributed by atoms with Crippen LogP contribution in [0.15, 0.2) is 36.5 Å².